The highest BCUT2D eigenvalue weighted by atomic mass is 16.5. The molecule has 0 spiro atoms. The van der Waals surface area contributed by atoms with Gasteiger partial charge in [0, 0.05) is 18.2 Å². The van der Waals surface area contributed by atoms with E-state index in [-0.39, 0.29) is 12.0 Å². The molecule has 3 N–H and O–H groups in total. The molecule has 1 aromatic carbocycles. The number of hydrogen-bond donors (Lipinski definition) is 3. The molecule has 1 unspecified atom stereocenters. The lowest BCUT2D eigenvalue weighted by atomic mass is 10.0. The number of aromatic nitrogens is 1. The number of carboxylic acids is 2. The van der Waals surface area contributed by atoms with Crippen LogP contribution in [-0.2, 0) is 11.2 Å². The number of aromatic carboxylic acids is 1. The molecule has 0 fully saturated rings. The number of ether oxygens (including phenoxy) is 1. The van der Waals surface area contributed by atoms with Gasteiger partial charge in [-0.05, 0) is 42.3 Å². The van der Waals surface area contributed by atoms with Gasteiger partial charge in [0.25, 0.3) is 0 Å². The third-order valence-electron chi connectivity index (χ3n) is 5.50. The van der Waals surface area contributed by atoms with E-state index in [1.807, 2.05) is 0 Å². The molecule has 34 heavy (non-hydrogen) atoms. The van der Waals surface area contributed by atoms with Crippen molar-refractivity contribution >= 4 is 18.0 Å². The van der Waals surface area contributed by atoms with Crippen LogP contribution in [0.2, 0.25) is 0 Å². The molecule has 0 aliphatic heterocycles. The van der Waals surface area contributed by atoms with Gasteiger partial charge in [0.2, 0.25) is 0 Å². The maximum absolute atomic E-state index is 11.2. The van der Waals surface area contributed by atoms with Crippen LogP contribution in [0.4, 0.5) is 0 Å². The van der Waals surface area contributed by atoms with Gasteiger partial charge in [-0.25, -0.2) is 14.6 Å². The second-order valence-corrected chi connectivity index (χ2v) is 8.33. The average molecular weight is 470 g/mol. The Balaban J connectivity index is 1.98. The minimum atomic E-state index is -1.09. The Hall–Kier alpha value is -3.19. The predicted molar refractivity (Wildman–Crippen MR) is 131 cm³/mol. The van der Waals surface area contributed by atoms with Crippen molar-refractivity contribution in [1.82, 2.24) is 4.98 Å². The summed E-state index contributed by atoms with van der Waals surface area (Å²) in [4.78, 5) is 26.7. The second kappa shape index (κ2) is 14.9. The van der Waals surface area contributed by atoms with Gasteiger partial charge < -0.3 is 20.1 Å². The number of carbonyl (C=O) groups is 2. The van der Waals surface area contributed by atoms with Crippen molar-refractivity contribution in [3.05, 3.63) is 65.0 Å². The summed E-state index contributed by atoms with van der Waals surface area (Å²) in [5, 5.41) is 28.7. The van der Waals surface area contributed by atoms with Crippen LogP contribution in [0.25, 0.3) is 6.08 Å². The molecule has 1 aromatic heterocycles. The number of nitrogens with zero attached hydrogens (tertiary/aromatic N) is 1. The average Bonchev–Trinajstić information content (AvgIpc) is 2.82. The Kier molecular flexibility index (Phi) is 11.8. The minimum Gasteiger partial charge on any atom is -0.491 e. The van der Waals surface area contributed by atoms with Crippen LogP contribution in [0.3, 0.4) is 0 Å². The molecular weight excluding hydrogens is 434 g/mol. The van der Waals surface area contributed by atoms with Crippen molar-refractivity contribution in [2.75, 3.05) is 6.61 Å². The number of benzene rings is 1. The van der Waals surface area contributed by atoms with Crippen LogP contribution in [-0.4, -0.2) is 38.8 Å². The molecule has 0 saturated carbocycles. The van der Waals surface area contributed by atoms with Crippen LogP contribution in [0.15, 0.2) is 42.5 Å². The van der Waals surface area contributed by atoms with Gasteiger partial charge >= 0.3 is 11.9 Å². The van der Waals surface area contributed by atoms with Gasteiger partial charge in [0.05, 0.1) is 18.3 Å². The van der Waals surface area contributed by atoms with Crippen molar-refractivity contribution < 1.29 is 29.6 Å². The molecule has 7 nitrogen and oxygen atoms in total. The summed E-state index contributed by atoms with van der Waals surface area (Å²) in [5.74, 6) is -1.66. The fourth-order valence-electron chi connectivity index (χ4n) is 3.62. The molecule has 0 aliphatic carbocycles. The zero-order chi connectivity index (χ0) is 24.8. The highest BCUT2D eigenvalue weighted by Gasteiger charge is 2.14. The first-order valence-electron chi connectivity index (χ1n) is 12.0. The highest BCUT2D eigenvalue weighted by molar-refractivity contribution is 5.87. The SMILES string of the molecule is CCCCCCCCCCOc1ccc(CC(O)c2cccc(C(=O)O)c2)nc1/C=C/C(=O)O. The third-order valence-corrected chi connectivity index (χ3v) is 5.50. The molecule has 0 radical (unpaired) electrons. The topological polar surface area (TPSA) is 117 Å². The van der Waals surface area contributed by atoms with Gasteiger partial charge in [0.1, 0.15) is 11.4 Å². The molecule has 0 aliphatic rings. The first-order valence-corrected chi connectivity index (χ1v) is 12.0. The van der Waals surface area contributed by atoms with Gasteiger partial charge in [-0.2, -0.15) is 0 Å². The normalized spacial score (nSPS) is 12.1. The maximum Gasteiger partial charge on any atom is 0.335 e. The summed E-state index contributed by atoms with van der Waals surface area (Å²) >= 11 is 0. The Morgan fingerprint density at radius 3 is 2.38 bits per heavy atom. The smallest absolute Gasteiger partial charge is 0.335 e. The quantitative estimate of drug-likeness (QED) is 0.214. The molecule has 0 saturated heterocycles. The second-order valence-electron chi connectivity index (χ2n) is 8.33. The lowest BCUT2D eigenvalue weighted by Gasteiger charge is -2.14. The molecule has 184 valence electrons. The molecule has 0 bridgehead atoms. The molecule has 2 rings (SSSR count). The first kappa shape index (κ1) is 27.1. The van der Waals surface area contributed by atoms with Gasteiger partial charge in [-0.15, -0.1) is 0 Å². The van der Waals surface area contributed by atoms with Crippen molar-refractivity contribution in [3.8, 4) is 5.75 Å². The van der Waals surface area contributed by atoms with Crippen LogP contribution >= 0.6 is 0 Å². The summed E-state index contributed by atoms with van der Waals surface area (Å²) in [5.41, 5.74) is 1.49. The van der Waals surface area contributed by atoms with Crippen LogP contribution in [0, 0.1) is 0 Å². The van der Waals surface area contributed by atoms with E-state index < -0.39 is 18.0 Å². The Labute approximate surface area is 201 Å². The molecule has 2 aromatic rings. The maximum atomic E-state index is 11.2. The minimum absolute atomic E-state index is 0.0966. The summed E-state index contributed by atoms with van der Waals surface area (Å²) in [6.07, 6.45) is 11.1. The van der Waals surface area contributed by atoms with Crippen LogP contribution < -0.4 is 4.74 Å². The number of carboxylic acid groups (broad SMARTS) is 2. The number of aliphatic hydroxyl groups excluding tert-OH is 1. The Bertz CT molecular complexity index is 956. The van der Waals surface area contributed by atoms with E-state index in [4.69, 9.17) is 14.9 Å². The fourth-order valence-corrected chi connectivity index (χ4v) is 3.62. The number of rotatable bonds is 16. The fraction of sp³-hybridized carbons (Fsp3) is 0.444. The standard InChI is InChI=1S/C27H35NO6/c1-2-3-4-5-6-7-8-9-17-34-25-15-13-22(28-23(25)14-16-26(30)31)19-24(29)20-11-10-12-21(18-20)27(32)33/h10-16,18,24,29H,2-9,17,19H2,1H3,(H,30,31)(H,32,33)/b16-14+. The predicted octanol–water partition coefficient (Wildman–Crippen LogP) is 5.67. The number of aliphatic carboxylic acids is 1. The lowest BCUT2D eigenvalue weighted by Crippen LogP contribution is -2.07. The van der Waals surface area contributed by atoms with E-state index in [0.717, 1.165) is 18.9 Å². The highest BCUT2D eigenvalue weighted by Crippen LogP contribution is 2.23. The third kappa shape index (κ3) is 9.75. The van der Waals surface area contributed by atoms with E-state index in [1.54, 1.807) is 24.3 Å². The van der Waals surface area contributed by atoms with Crippen molar-refractivity contribution in [2.24, 2.45) is 0 Å². The summed E-state index contributed by atoms with van der Waals surface area (Å²) < 4.78 is 5.87. The first-order chi connectivity index (χ1) is 16.4. The Morgan fingerprint density at radius 1 is 1.00 bits per heavy atom. The molecular formula is C27H35NO6. The summed E-state index contributed by atoms with van der Waals surface area (Å²) in [6.45, 7) is 2.73. The molecule has 7 heteroatoms. The summed E-state index contributed by atoms with van der Waals surface area (Å²) in [7, 11) is 0. The van der Waals surface area contributed by atoms with E-state index in [2.05, 4.69) is 11.9 Å². The van der Waals surface area contributed by atoms with Gasteiger partial charge in [-0.1, -0.05) is 64.0 Å². The monoisotopic (exact) mass is 469 g/mol. The van der Waals surface area contributed by atoms with E-state index >= 15 is 0 Å². The zero-order valence-electron chi connectivity index (χ0n) is 19.8. The van der Waals surface area contributed by atoms with Crippen molar-refractivity contribution in [1.29, 1.82) is 0 Å². The van der Waals surface area contributed by atoms with E-state index in [9.17, 15) is 14.7 Å². The number of unbranched alkanes of at least 4 members (excludes halogenated alkanes) is 7. The summed E-state index contributed by atoms with van der Waals surface area (Å²) in [6, 6.07) is 9.59. The van der Waals surface area contributed by atoms with Gasteiger partial charge in [0.15, 0.2) is 0 Å². The van der Waals surface area contributed by atoms with Crippen LogP contribution in [0.1, 0.15) is 91.7 Å². The van der Waals surface area contributed by atoms with Crippen molar-refractivity contribution in [2.45, 2.75) is 70.8 Å². The van der Waals surface area contributed by atoms with Crippen molar-refractivity contribution in [3.63, 3.8) is 0 Å². The largest absolute Gasteiger partial charge is 0.491 e. The van der Waals surface area contributed by atoms with E-state index in [1.165, 1.54) is 56.7 Å². The van der Waals surface area contributed by atoms with Gasteiger partial charge in [-0.3, -0.25) is 0 Å². The van der Waals surface area contributed by atoms with E-state index in [0.29, 0.717) is 29.3 Å². The lowest BCUT2D eigenvalue weighted by molar-refractivity contribution is -0.131. The Morgan fingerprint density at radius 2 is 1.71 bits per heavy atom. The number of aliphatic hydroxyl groups is 1. The molecule has 1 atom stereocenters. The molecule has 0 amide bonds. The van der Waals surface area contributed by atoms with Crippen LogP contribution in [0.5, 0.6) is 5.75 Å². The zero-order valence-corrected chi connectivity index (χ0v) is 19.8. The molecule has 1 heterocycles. The number of hydrogen-bond acceptors (Lipinski definition) is 5. The number of pyridine rings is 1.